The highest BCUT2D eigenvalue weighted by Crippen LogP contribution is 2.13. The fourth-order valence-electron chi connectivity index (χ4n) is 1.43. The molecular weight excluding hydrogens is 190 g/mol. The molecular formula is C11H21N3O. The molecule has 0 aromatic heterocycles. The summed E-state index contributed by atoms with van der Waals surface area (Å²) in [6, 6.07) is 0. The highest BCUT2D eigenvalue weighted by atomic mass is 16.1. The van der Waals surface area contributed by atoms with Gasteiger partial charge < -0.3 is 11.1 Å². The van der Waals surface area contributed by atoms with E-state index in [4.69, 9.17) is 5.73 Å². The van der Waals surface area contributed by atoms with Crippen LogP contribution in [-0.2, 0) is 4.79 Å². The molecule has 0 radical (unpaired) electrons. The van der Waals surface area contributed by atoms with Crippen LogP contribution in [-0.4, -0.2) is 24.8 Å². The molecule has 0 saturated carbocycles. The van der Waals surface area contributed by atoms with Crippen molar-refractivity contribution >= 4 is 11.7 Å². The van der Waals surface area contributed by atoms with Crippen molar-refractivity contribution in [3.8, 4) is 0 Å². The molecule has 4 nitrogen and oxygen atoms in total. The summed E-state index contributed by atoms with van der Waals surface area (Å²) in [7, 11) is 0. The third-order valence-corrected chi connectivity index (χ3v) is 2.78. The van der Waals surface area contributed by atoms with Gasteiger partial charge in [-0.05, 0) is 26.7 Å². The maximum absolute atomic E-state index is 11.1. The Morgan fingerprint density at radius 2 is 2.20 bits per heavy atom. The minimum atomic E-state index is -0.505. The zero-order chi connectivity index (χ0) is 11.3. The van der Waals surface area contributed by atoms with E-state index in [0.29, 0.717) is 6.54 Å². The number of carbonyl (C=O) groups is 1. The molecule has 86 valence electrons. The zero-order valence-corrected chi connectivity index (χ0v) is 9.68. The van der Waals surface area contributed by atoms with Gasteiger partial charge in [0, 0.05) is 19.5 Å². The van der Waals surface area contributed by atoms with E-state index >= 15 is 0 Å². The normalized spacial score (nSPS) is 17.9. The van der Waals surface area contributed by atoms with Crippen molar-refractivity contribution in [3.05, 3.63) is 0 Å². The lowest BCUT2D eigenvalue weighted by molar-refractivity contribution is -0.125. The van der Waals surface area contributed by atoms with Gasteiger partial charge in [0.05, 0.1) is 11.3 Å². The van der Waals surface area contributed by atoms with Crippen LogP contribution in [0.1, 0.15) is 39.5 Å². The molecule has 1 rings (SSSR count). The van der Waals surface area contributed by atoms with E-state index in [1.54, 1.807) is 0 Å². The molecule has 0 spiro atoms. The second-order valence-electron chi connectivity index (χ2n) is 4.74. The largest absolute Gasteiger partial charge is 0.373 e. The number of amides is 1. The van der Waals surface area contributed by atoms with Crippen LogP contribution < -0.4 is 11.1 Å². The van der Waals surface area contributed by atoms with E-state index in [0.717, 1.165) is 18.8 Å². The maximum atomic E-state index is 11.1. The predicted molar refractivity (Wildman–Crippen MR) is 61.7 cm³/mol. The molecule has 0 unspecified atom stereocenters. The summed E-state index contributed by atoms with van der Waals surface area (Å²) in [6.45, 7) is 5.17. The fourth-order valence-corrected chi connectivity index (χ4v) is 1.43. The van der Waals surface area contributed by atoms with Gasteiger partial charge in [-0.3, -0.25) is 9.79 Å². The van der Waals surface area contributed by atoms with Crippen LogP contribution in [0.5, 0.6) is 0 Å². The highest BCUT2D eigenvalue weighted by Gasteiger charge is 2.24. The molecule has 1 heterocycles. The van der Waals surface area contributed by atoms with Crippen molar-refractivity contribution in [2.45, 2.75) is 39.5 Å². The molecule has 1 amide bonds. The molecule has 0 fully saturated rings. The number of primary amides is 1. The van der Waals surface area contributed by atoms with Crippen LogP contribution in [0.4, 0.5) is 0 Å². The molecule has 0 aromatic rings. The van der Waals surface area contributed by atoms with Gasteiger partial charge in [-0.2, -0.15) is 0 Å². The van der Waals surface area contributed by atoms with Gasteiger partial charge in [0.25, 0.3) is 0 Å². The van der Waals surface area contributed by atoms with Gasteiger partial charge in [0.1, 0.15) is 0 Å². The number of aliphatic imine (C=N–C) groups is 1. The van der Waals surface area contributed by atoms with Crippen molar-refractivity contribution in [1.29, 1.82) is 0 Å². The standard InChI is InChI=1S/C11H21N3O/c1-11(2,10(12)15)8-14-9-6-4-3-5-7-13-9/h3-8H2,1-2H3,(H2,12,15)(H,13,14). The summed E-state index contributed by atoms with van der Waals surface area (Å²) in [5, 5.41) is 3.23. The van der Waals surface area contributed by atoms with Crippen LogP contribution in [0.3, 0.4) is 0 Å². The lowest BCUT2D eigenvalue weighted by Gasteiger charge is -2.21. The third-order valence-electron chi connectivity index (χ3n) is 2.78. The summed E-state index contributed by atoms with van der Waals surface area (Å²) in [5.74, 6) is 0.756. The van der Waals surface area contributed by atoms with Gasteiger partial charge >= 0.3 is 0 Å². The Hall–Kier alpha value is -1.06. The SMILES string of the molecule is CC(C)(CNC1=NCCCCC1)C(N)=O. The molecule has 4 heteroatoms. The van der Waals surface area contributed by atoms with Crippen LogP contribution >= 0.6 is 0 Å². The lowest BCUT2D eigenvalue weighted by atomic mass is 9.93. The first-order valence-corrected chi connectivity index (χ1v) is 5.59. The Labute approximate surface area is 91.3 Å². The van der Waals surface area contributed by atoms with Crippen molar-refractivity contribution < 1.29 is 4.79 Å². The van der Waals surface area contributed by atoms with E-state index in [1.165, 1.54) is 19.3 Å². The number of hydrogen-bond acceptors (Lipinski definition) is 3. The first-order valence-electron chi connectivity index (χ1n) is 5.59. The fraction of sp³-hybridized carbons (Fsp3) is 0.818. The second kappa shape index (κ2) is 5.14. The molecule has 1 aliphatic rings. The summed E-state index contributed by atoms with van der Waals surface area (Å²) in [6.07, 6.45) is 4.59. The van der Waals surface area contributed by atoms with Gasteiger partial charge in [-0.1, -0.05) is 6.42 Å². The van der Waals surface area contributed by atoms with Crippen molar-refractivity contribution in [2.24, 2.45) is 16.1 Å². The minimum Gasteiger partial charge on any atom is -0.373 e. The van der Waals surface area contributed by atoms with E-state index in [1.807, 2.05) is 13.8 Å². The van der Waals surface area contributed by atoms with Crippen LogP contribution in [0.2, 0.25) is 0 Å². The van der Waals surface area contributed by atoms with Crippen molar-refractivity contribution in [3.63, 3.8) is 0 Å². The first-order chi connectivity index (χ1) is 7.02. The smallest absolute Gasteiger partial charge is 0.224 e. The Bertz CT molecular complexity index is 259. The number of carbonyl (C=O) groups excluding carboxylic acids is 1. The van der Waals surface area contributed by atoms with Crippen LogP contribution in [0.15, 0.2) is 4.99 Å². The average Bonchev–Trinajstić information content (AvgIpc) is 2.42. The molecule has 0 aliphatic carbocycles. The lowest BCUT2D eigenvalue weighted by Crippen LogP contribution is -2.42. The third kappa shape index (κ3) is 3.90. The Morgan fingerprint density at radius 1 is 1.47 bits per heavy atom. The van der Waals surface area contributed by atoms with Crippen LogP contribution in [0, 0.1) is 5.41 Å². The number of nitrogens with one attached hydrogen (secondary N) is 1. The monoisotopic (exact) mass is 211 g/mol. The molecule has 0 bridgehead atoms. The van der Waals surface area contributed by atoms with Crippen molar-refractivity contribution in [2.75, 3.05) is 13.1 Å². The maximum Gasteiger partial charge on any atom is 0.224 e. The molecule has 15 heavy (non-hydrogen) atoms. The first kappa shape index (κ1) is 12.0. The number of rotatable bonds is 3. The summed E-state index contributed by atoms with van der Waals surface area (Å²) < 4.78 is 0. The zero-order valence-electron chi connectivity index (χ0n) is 9.68. The van der Waals surface area contributed by atoms with Crippen LogP contribution in [0.25, 0.3) is 0 Å². The van der Waals surface area contributed by atoms with Crippen molar-refractivity contribution in [1.82, 2.24) is 5.32 Å². The number of amidine groups is 1. The predicted octanol–water partition coefficient (Wildman–Crippen LogP) is 1.06. The Morgan fingerprint density at radius 3 is 2.87 bits per heavy atom. The Kier molecular flexibility index (Phi) is 4.12. The summed E-state index contributed by atoms with van der Waals surface area (Å²) >= 11 is 0. The van der Waals surface area contributed by atoms with E-state index < -0.39 is 5.41 Å². The molecule has 0 atom stereocenters. The molecule has 3 N–H and O–H groups in total. The summed E-state index contributed by atoms with van der Waals surface area (Å²) in [5.41, 5.74) is 4.79. The Balaban J connectivity index is 2.41. The second-order valence-corrected chi connectivity index (χ2v) is 4.74. The average molecular weight is 211 g/mol. The van der Waals surface area contributed by atoms with Gasteiger partial charge in [0.15, 0.2) is 0 Å². The number of nitrogens with zero attached hydrogens (tertiary/aromatic N) is 1. The molecule has 0 aromatic carbocycles. The van der Waals surface area contributed by atoms with Gasteiger partial charge in [-0.15, -0.1) is 0 Å². The van der Waals surface area contributed by atoms with E-state index in [9.17, 15) is 4.79 Å². The number of nitrogens with two attached hydrogens (primary N) is 1. The highest BCUT2D eigenvalue weighted by molar-refractivity contribution is 5.84. The van der Waals surface area contributed by atoms with E-state index in [-0.39, 0.29) is 5.91 Å². The van der Waals surface area contributed by atoms with E-state index in [2.05, 4.69) is 10.3 Å². The molecule has 0 saturated heterocycles. The topological polar surface area (TPSA) is 67.5 Å². The van der Waals surface area contributed by atoms with Gasteiger partial charge in [0.2, 0.25) is 5.91 Å². The molecule has 1 aliphatic heterocycles. The number of hydrogen-bond donors (Lipinski definition) is 2. The van der Waals surface area contributed by atoms with Gasteiger partial charge in [-0.25, -0.2) is 0 Å². The quantitative estimate of drug-likeness (QED) is 0.733. The summed E-state index contributed by atoms with van der Waals surface area (Å²) in [4.78, 5) is 15.5. The minimum absolute atomic E-state index is 0.274.